The van der Waals surface area contributed by atoms with E-state index in [9.17, 15) is 4.57 Å². The second-order valence-corrected chi connectivity index (χ2v) is 9.77. The van der Waals surface area contributed by atoms with E-state index in [1.165, 1.54) is 15.6 Å². The predicted octanol–water partition coefficient (Wildman–Crippen LogP) is 5.53. The van der Waals surface area contributed by atoms with E-state index >= 15 is 0 Å². The van der Waals surface area contributed by atoms with E-state index in [-0.39, 0.29) is 7.43 Å². The fourth-order valence-electron chi connectivity index (χ4n) is 3.12. The van der Waals surface area contributed by atoms with Gasteiger partial charge in [0.2, 0.25) is 0 Å². The Bertz CT molecular complexity index is 861. The zero-order valence-electron chi connectivity index (χ0n) is 17.7. The molecule has 1 aliphatic rings. The van der Waals surface area contributed by atoms with Crippen LogP contribution in [0.15, 0.2) is 58.7 Å². The average Bonchev–Trinajstić information content (AvgIpc) is 3.01. The van der Waals surface area contributed by atoms with Gasteiger partial charge in [-0.25, -0.2) is 4.57 Å². The van der Waals surface area contributed by atoms with Crippen LogP contribution < -0.4 is 9.47 Å². The van der Waals surface area contributed by atoms with Gasteiger partial charge in [0, 0.05) is 23.6 Å². The van der Waals surface area contributed by atoms with Crippen molar-refractivity contribution in [2.45, 2.75) is 25.2 Å². The second kappa shape index (κ2) is 11.0. The minimum absolute atomic E-state index is 0. The summed E-state index contributed by atoms with van der Waals surface area (Å²) >= 11 is 1.77. The first kappa shape index (κ1) is 23.7. The SMILES string of the molecule is CCOP(=O)(CCCN1C(=Cc2cc[n+](C)cc2)Sc2ccccc21)OCC.[CH3-]. The zero-order chi connectivity index (χ0) is 20.0. The summed E-state index contributed by atoms with van der Waals surface area (Å²) in [5.74, 6) is 0. The molecule has 3 rings (SSSR count). The number of fused-ring (bicyclic) bond motifs is 1. The molecule has 0 radical (unpaired) electrons. The third kappa shape index (κ3) is 6.19. The van der Waals surface area contributed by atoms with Crippen LogP contribution in [0.4, 0.5) is 5.69 Å². The fraction of sp³-hybridized carbons (Fsp3) is 0.364. The number of hydrogen-bond acceptors (Lipinski definition) is 5. The van der Waals surface area contributed by atoms with E-state index in [1.807, 2.05) is 37.9 Å². The molecule has 0 N–H and O–H groups in total. The Balaban J connectivity index is 0.00000300. The van der Waals surface area contributed by atoms with Crippen LogP contribution in [0.3, 0.4) is 0 Å². The summed E-state index contributed by atoms with van der Waals surface area (Å²) in [7, 11) is -0.996. The van der Waals surface area contributed by atoms with Crippen LogP contribution in [0, 0.1) is 7.43 Å². The Kier molecular flexibility index (Phi) is 8.97. The van der Waals surface area contributed by atoms with Gasteiger partial charge in [0.25, 0.3) is 0 Å². The van der Waals surface area contributed by atoms with Crippen LogP contribution >= 0.6 is 19.4 Å². The molecule has 1 aliphatic heterocycles. The van der Waals surface area contributed by atoms with Gasteiger partial charge in [-0.1, -0.05) is 23.9 Å². The molecule has 0 aliphatic carbocycles. The van der Waals surface area contributed by atoms with Crippen LogP contribution in [0.1, 0.15) is 25.8 Å². The van der Waals surface area contributed by atoms with E-state index in [0.29, 0.717) is 19.4 Å². The molecule has 0 saturated carbocycles. The summed E-state index contributed by atoms with van der Waals surface area (Å²) in [5, 5.41) is 1.18. The van der Waals surface area contributed by atoms with E-state index in [2.05, 4.69) is 47.4 Å². The number of thioether (sulfide) groups is 1. The van der Waals surface area contributed by atoms with Crippen molar-refractivity contribution in [1.29, 1.82) is 0 Å². The summed E-state index contributed by atoms with van der Waals surface area (Å²) in [6.07, 6.45) is 7.45. The number of aromatic nitrogens is 1. The third-order valence-corrected chi connectivity index (χ3v) is 7.68. The summed E-state index contributed by atoms with van der Waals surface area (Å²) in [6, 6.07) is 12.6. The lowest BCUT2D eigenvalue weighted by atomic mass is 10.2. The molecule has 0 amide bonds. The topological polar surface area (TPSA) is 42.7 Å². The third-order valence-electron chi connectivity index (χ3n) is 4.40. The maximum absolute atomic E-state index is 12.8. The molecule has 0 atom stereocenters. The monoisotopic (exact) mass is 434 g/mol. The van der Waals surface area contributed by atoms with Crippen molar-refractivity contribution in [1.82, 2.24) is 0 Å². The van der Waals surface area contributed by atoms with Gasteiger partial charge in [-0.05, 0) is 44.0 Å². The van der Waals surface area contributed by atoms with Crippen LogP contribution in [-0.4, -0.2) is 25.9 Å². The number of hydrogen-bond donors (Lipinski definition) is 0. The molecule has 0 saturated heterocycles. The maximum atomic E-state index is 12.8. The number of benzene rings is 1. The standard InChI is InChI=1S/C21H28N2O3PS.CH3/c1-4-25-27(24,26-5-2)16-8-13-23-19-9-6-7-10-20(19)28-21(23)17-18-11-14-22(3)15-12-18;/h6-7,9-12,14-15,17H,4-5,8,13,16H2,1-3H3;1H3/q+1;-1. The highest BCUT2D eigenvalue weighted by atomic mass is 32.2. The molecular weight excluding hydrogens is 403 g/mol. The smallest absolute Gasteiger partial charge is 0.330 e. The normalized spacial score (nSPS) is 14.7. The molecule has 0 fully saturated rings. The van der Waals surface area contributed by atoms with Gasteiger partial charge >= 0.3 is 7.60 Å². The summed E-state index contributed by atoms with van der Waals surface area (Å²) in [4.78, 5) is 3.54. The number of nitrogens with zero attached hydrogens (tertiary/aromatic N) is 2. The number of rotatable bonds is 9. The fourth-order valence-corrected chi connectivity index (χ4v) is 5.92. The van der Waals surface area contributed by atoms with Gasteiger partial charge in [0.05, 0.1) is 30.1 Å². The molecular formula is C22H31N2O3PS. The predicted molar refractivity (Wildman–Crippen MR) is 122 cm³/mol. The molecule has 0 unspecified atom stereocenters. The van der Waals surface area contributed by atoms with Gasteiger partial charge in [0.15, 0.2) is 12.4 Å². The number of anilines is 1. The van der Waals surface area contributed by atoms with Crippen molar-refractivity contribution in [3.63, 3.8) is 0 Å². The Morgan fingerprint density at radius 1 is 1.10 bits per heavy atom. The summed E-state index contributed by atoms with van der Waals surface area (Å²) in [6.45, 7) is 5.26. The van der Waals surface area contributed by atoms with Crippen molar-refractivity contribution in [2.24, 2.45) is 7.05 Å². The first-order valence-corrected chi connectivity index (χ1v) is 12.2. The van der Waals surface area contributed by atoms with Gasteiger partial charge in [0.1, 0.15) is 7.05 Å². The molecule has 2 aromatic rings. The lowest BCUT2D eigenvalue weighted by Crippen LogP contribution is -2.25. The Morgan fingerprint density at radius 2 is 1.76 bits per heavy atom. The van der Waals surface area contributed by atoms with Crippen LogP contribution in [-0.2, 0) is 20.7 Å². The second-order valence-electron chi connectivity index (χ2n) is 6.52. The van der Waals surface area contributed by atoms with Crippen molar-refractivity contribution in [3.05, 3.63) is 66.8 Å². The van der Waals surface area contributed by atoms with Crippen molar-refractivity contribution in [3.8, 4) is 0 Å². The molecule has 1 aromatic carbocycles. The highest BCUT2D eigenvalue weighted by molar-refractivity contribution is 8.03. The Morgan fingerprint density at radius 3 is 2.41 bits per heavy atom. The number of pyridine rings is 1. The zero-order valence-corrected chi connectivity index (χ0v) is 19.4. The molecule has 7 heteroatoms. The quantitative estimate of drug-likeness (QED) is 0.295. The summed E-state index contributed by atoms with van der Waals surface area (Å²) in [5.41, 5.74) is 2.36. The summed E-state index contributed by atoms with van der Waals surface area (Å²) < 4.78 is 25.6. The van der Waals surface area contributed by atoms with Crippen LogP contribution in [0.2, 0.25) is 0 Å². The Hall–Kier alpha value is -1.59. The first-order chi connectivity index (χ1) is 13.5. The molecule has 158 valence electrons. The van der Waals surface area contributed by atoms with E-state index in [4.69, 9.17) is 9.05 Å². The maximum Gasteiger partial charge on any atom is 0.330 e. The molecule has 5 nitrogen and oxygen atoms in total. The van der Waals surface area contributed by atoms with Gasteiger partial charge < -0.3 is 21.4 Å². The molecule has 0 bridgehead atoms. The lowest BCUT2D eigenvalue weighted by Gasteiger charge is -2.22. The van der Waals surface area contributed by atoms with Crippen molar-refractivity contribution < 1.29 is 18.2 Å². The minimum Gasteiger partial charge on any atom is -0.358 e. The highest BCUT2D eigenvalue weighted by Gasteiger charge is 2.27. The lowest BCUT2D eigenvalue weighted by molar-refractivity contribution is -0.671. The molecule has 29 heavy (non-hydrogen) atoms. The average molecular weight is 435 g/mol. The van der Waals surface area contributed by atoms with Crippen LogP contribution in [0.25, 0.3) is 6.08 Å². The Labute approximate surface area is 179 Å². The first-order valence-electron chi connectivity index (χ1n) is 9.64. The van der Waals surface area contributed by atoms with E-state index in [0.717, 1.165) is 18.5 Å². The van der Waals surface area contributed by atoms with Gasteiger partial charge in [-0.2, -0.15) is 0 Å². The highest BCUT2D eigenvalue weighted by Crippen LogP contribution is 2.50. The number of aryl methyl sites for hydroxylation is 1. The van der Waals surface area contributed by atoms with Gasteiger partial charge in [-0.3, -0.25) is 4.57 Å². The van der Waals surface area contributed by atoms with Crippen LogP contribution in [0.5, 0.6) is 0 Å². The number of para-hydroxylation sites is 1. The molecule has 2 heterocycles. The molecule has 0 spiro atoms. The minimum atomic E-state index is -3.01. The largest absolute Gasteiger partial charge is 0.358 e. The van der Waals surface area contributed by atoms with E-state index < -0.39 is 7.60 Å². The van der Waals surface area contributed by atoms with Crippen molar-refractivity contribution >= 4 is 31.1 Å². The molecule has 1 aromatic heterocycles. The van der Waals surface area contributed by atoms with Crippen molar-refractivity contribution in [2.75, 3.05) is 30.8 Å². The van der Waals surface area contributed by atoms with E-state index in [1.54, 1.807) is 11.8 Å². The van der Waals surface area contributed by atoms with Gasteiger partial charge in [-0.15, -0.1) is 0 Å².